The zero-order valence-electron chi connectivity index (χ0n) is 11.3. The van der Waals surface area contributed by atoms with Crippen molar-refractivity contribution in [2.24, 2.45) is 5.92 Å². The minimum absolute atomic E-state index is 0.321. The lowest BCUT2D eigenvalue weighted by Crippen LogP contribution is -2.14. The van der Waals surface area contributed by atoms with Crippen molar-refractivity contribution in [1.82, 2.24) is 10.2 Å². The van der Waals surface area contributed by atoms with Crippen LogP contribution < -0.4 is 0 Å². The molecule has 1 unspecified atom stereocenters. The Labute approximate surface area is 117 Å². The van der Waals surface area contributed by atoms with Crippen LogP contribution in [0.4, 0.5) is 0 Å². The number of hydrogen-bond acceptors (Lipinski definition) is 3. The standard InChI is InChI=1S/C15H14N2O.CHN/c1-8-14(18)5-2-9-6-11-10(15(8)9)3-4-13-12(11)7-16-17-13;1-2/h3-4,7,9H,2,5-6H2,1H3,(H,16,17);1H. The van der Waals surface area contributed by atoms with Crippen LogP contribution >= 0.6 is 0 Å². The van der Waals surface area contributed by atoms with Crippen LogP contribution in [0.1, 0.15) is 30.9 Å². The number of hydrogen-bond donors (Lipinski definition) is 1. The summed E-state index contributed by atoms with van der Waals surface area (Å²) in [4.78, 5) is 11.9. The van der Waals surface area contributed by atoms with E-state index < -0.39 is 0 Å². The minimum atomic E-state index is 0.321. The summed E-state index contributed by atoms with van der Waals surface area (Å²) in [6.07, 6.45) is 4.68. The van der Waals surface area contributed by atoms with Crippen LogP contribution in [0.25, 0.3) is 16.5 Å². The van der Waals surface area contributed by atoms with Crippen LogP contribution in [0, 0.1) is 17.8 Å². The average Bonchev–Trinajstić information content (AvgIpc) is 3.08. The summed E-state index contributed by atoms with van der Waals surface area (Å²) in [6, 6.07) is 4.22. The number of nitriles is 1. The fraction of sp³-hybridized carbons (Fsp3) is 0.312. The van der Waals surface area contributed by atoms with E-state index in [2.05, 4.69) is 28.9 Å². The lowest BCUT2D eigenvalue weighted by molar-refractivity contribution is -0.116. The molecule has 2 aliphatic rings. The third-order valence-electron chi connectivity index (χ3n) is 4.43. The molecule has 20 heavy (non-hydrogen) atoms. The van der Waals surface area contributed by atoms with E-state index in [1.807, 2.05) is 13.1 Å². The Morgan fingerprint density at radius 2 is 2.20 bits per heavy atom. The van der Waals surface area contributed by atoms with E-state index >= 15 is 0 Å². The van der Waals surface area contributed by atoms with Crippen LogP contribution in [0.3, 0.4) is 0 Å². The monoisotopic (exact) mass is 265 g/mol. The van der Waals surface area contributed by atoms with Gasteiger partial charge in [-0.1, -0.05) is 6.07 Å². The van der Waals surface area contributed by atoms with E-state index in [-0.39, 0.29) is 0 Å². The SMILES string of the molecule is C#N.CC1=C2c3ccc4[nH]ncc4c3CC2CCC1=O. The van der Waals surface area contributed by atoms with Gasteiger partial charge in [0.25, 0.3) is 0 Å². The molecule has 1 heterocycles. The summed E-state index contributed by atoms with van der Waals surface area (Å²) in [5, 5.41) is 14.9. The molecule has 0 bridgehead atoms. The summed E-state index contributed by atoms with van der Waals surface area (Å²) in [7, 11) is 0. The van der Waals surface area contributed by atoms with Gasteiger partial charge >= 0.3 is 0 Å². The minimum Gasteiger partial charge on any atom is -0.295 e. The van der Waals surface area contributed by atoms with Crippen LogP contribution in [-0.2, 0) is 11.2 Å². The Morgan fingerprint density at radius 1 is 1.40 bits per heavy atom. The molecular formula is C16H15N3O. The molecule has 1 N–H and O–H groups in total. The topological polar surface area (TPSA) is 69.5 Å². The number of aromatic nitrogens is 2. The lowest BCUT2D eigenvalue weighted by atomic mass is 9.83. The van der Waals surface area contributed by atoms with Crippen molar-refractivity contribution in [2.45, 2.75) is 26.2 Å². The van der Waals surface area contributed by atoms with E-state index in [0.717, 1.165) is 23.9 Å². The first-order chi connectivity index (χ1) is 9.75. The molecule has 0 radical (unpaired) electrons. The summed E-state index contributed by atoms with van der Waals surface area (Å²) >= 11 is 0. The van der Waals surface area contributed by atoms with Crippen molar-refractivity contribution < 1.29 is 4.79 Å². The van der Waals surface area contributed by atoms with Gasteiger partial charge in [-0.3, -0.25) is 9.89 Å². The second-order valence-electron chi connectivity index (χ2n) is 5.32. The molecule has 2 aliphatic carbocycles. The molecule has 0 fully saturated rings. The molecule has 1 atom stereocenters. The highest BCUT2D eigenvalue weighted by Crippen LogP contribution is 2.46. The highest BCUT2D eigenvalue weighted by atomic mass is 16.1. The van der Waals surface area contributed by atoms with Crippen LogP contribution in [-0.4, -0.2) is 16.0 Å². The number of aromatic amines is 1. The summed E-state index contributed by atoms with van der Waals surface area (Å²) < 4.78 is 0. The predicted molar refractivity (Wildman–Crippen MR) is 76.8 cm³/mol. The molecule has 1 aromatic heterocycles. The average molecular weight is 265 g/mol. The smallest absolute Gasteiger partial charge is 0.158 e. The maximum Gasteiger partial charge on any atom is 0.158 e. The van der Waals surface area contributed by atoms with Crippen LogP contribution in [0.15, 0.2) is 23.9 Å². The zero-order chi connectivity index (χ0) is 14.3. The molecule has 0 spiro atoms. The van der Waals surface area contributed by atoms with Gasteiger partial charge in [-0.05, 0) is 54.0 Å². The van der Waals surface area contributed by atoms with Gasteiger partial charge in [0.15, 0.2) is 5.78 Å². The van der Waals surface area contributed by atoms with Crippen molar-refractivity contribution >= 4 is 22.3 Å². The number of rotatable bonds is 0. The Balaban J connectivity index is 0.000000581. The molecule has 100 valence electrons. The normalized spacial score (nSPS) is 20.4. The lowest BCUT2D eigenvalue weighted by Gasteiger charge is -2.20. The van der Waals surface area contributed by atoms with Crippen molar-refractivity contribution in [3.63, 3.8) is 0 Å². The number of ketones is 1. The Kier molecular flexibility index (Phi) is 2.90. The third-order valence-corrected chi connectivity index (χ3v) is 4.43. The number of carbonyl (C=O) groups is 1. The summed E-state index contributed by atoms with van der Waals surface area (Å²) in [5.41, 5.74) is 6.02. The number of nitrogens with one attached hydrogen (secondary N) is 1. The number of nitrogens with zero attached hydrogens (tertiary/aromatic N) is 2. The first-order valence-corrected chi connectivity index (χ1v) is 6.71. The highest BCUT2D eigenvalue weighted by Gasteiger charge is 2.34. The molecule has 4 nitrogen and oxygen atoms in total. The predicted octanol–water partition coefficient (Wildman–Crippen LogP) is 3.01. The van der Waals surface area contributed by atoms with E-state index in [1.165, 1.54) is 22.1 Å². The number of allylic oxidation sites excluding steroid dienone is 2. The van der Waals surface area contributed by atoms with Gasteiger partial charge in [0.2, 0.25) is 0 Å². The molecule has 4 rings (SSSR count). The van der Waals surface area contributed by atoms with Crippen LogP contribution in [0.2, 0.25) is 0 Å². The molecule has 4 heteroatoms. The van der Waals surface area contributed by atoms with Gasteiger partial charge in [0, 0.05) is 18.4 Å². The van der Waals surface area contributed by atoms with Gasteiger partial charge < -0.3 is 0 Å². The van der Waals surface area contributed by atoms with Gasteiger partial charge in [0.05, 0.1) is 11.7 Å². The number of fused-ring (bicyclic) bond motifs is 5. The van der Waals surface area contributed by atoms with Crippen molar-refractivity contribution in [3.05, 3.63) is 35.0 Å². The number of Topliss-reactive ketones (excluding diaryl/α,β-unsaturated/α-hetero) is 1. The van der Waals surface area contributed by atoms with Crippen molar-refractivity contribution in [3.8, 4) is 6.57 Å². The van der Waals surface area contributed by atoms with E-state index in [0.29, 0.717) is 18.1 Å². The van der Waals surface area contributed by atoms with Gasteiger partial charge in [-0.25, -0.2) is 5.26 Å². The first-order valence-electron chi connectivity index (χ1n) is 6.71. The van der Waals surface area contributed by atoms with E-state index in [4.69, 9.17) is 5.26 Å². The Bertz CT molecular complexity index is 751. The molecule has 2 aromatic rings. The van der Waals surface area contributed by atoms with Crippen molar-refractivity contribution in [2.75, 3.05) is 0 Å². The van der Waals surface area contributed by atoms with Gasteiger partial charge in [-0.2, -0.15) is 5.10 Å². The quantitative estimate of drug-likeness (QED) is 0.796. The van der Waals surface area contributed by atoms with E-state index in [1.54, 1.807) is 0 Å². The molecular weight excluding hydrogens is 250 g/mol. The second kappa shape index (κ2) is 4.61. The first kappa shape index (κ1) is 12.6. The maximum absolute atomic E-state index is 11.9. The fourth-order valence-electron chi connectivity index (χ4n) is 3.51. The van der Waals surface area contributed by atoms with Crippen molar-refractivity contribution in [1.29, 1.82) is 5.26 Å². The fourth-order valence-corrected chi connectivity index (χ4v) is 3.51. The number of benzene rings is 1. The number of carbonyl (C=O) groups excluding carboxylic acids is 1. The third kappa shape index (κ3) is 1.60. The highest BCUT2D eigenvalue weighted by molar-refractivity contribution is 6.06. The molecule has 0 saturated heterocycles. The number of H-pyrrole nitrogens is 1. The van der Waals surface area contributed by atoms with Crippen LogP contribution in [0.5, 0.6) is 0 Å². The Hall–Kier alpha value is -2.41. The molecule has 0 saturated carbocycles. The zero-order valence-corrected chi connectivity index (χ0v) is 11.3. The maximum atomic E-state index is 11.9. The Morgan fingerprint density at radius 3 is 3.00 bits per heavy atom. The van der Waals surface area contributed by atoms with E-state index in [9.17, 15) is 4.79 Å². The summed E-state index contributed by atoms with van der Waals surface area (Å²) in [5.74, 6) is 0.861. The summed E-state index contributed by atoms with van der Waals surface area (Å²) in [6.45, 7) is 5.48. The second-order valence-corrected chi connectivity index (χ2v) is 5.32. The largest absolute Gasteiger partial charge is 0.295 e. The van der Waals surface area contributed by atoms with Gasteiger partial charge in [-0.15, -0.1) is 0 Å². The molecule has 0 aliphatic heterocycles. The molecule has 0 amide bonds. The van der Waals surface area contributed by atoms with Gasteiger partial charge in [0.1, 0.15) is 0 Å². The molecule has 1 aromatic carbocycles.